The van der Waals surface area contributed by atoms with Gasteiger partial charge in [0.1, 0.15) is 6.10 Å². The molecule has 0 heterocycles. The summed E-state index contributed by atoms with van der Waals surface area (Å²) < 4.78 is 4.91. The monoisotopic (exact) mass is 156 g/mol. The van der Waals surface area contributed by atoms with Crippen LogP contribution in [0.2, 0.25) is 0 Å². The summed E-state index contributed by atoms with van der Waals surface area (Å²) in [5.41, 5.74) is 0. The normalized spacial score (nSPS) is 30.0. The van der Waals surface area contributed by atoms with E-state index in [9.17, 15) is 4.79 Å². The maximum absolute atomic E-state index is 10.5. The molecule has 3 heteroatoms. The van der Waals surface area contributed by atoms with E-state index in [1.807, 2.05) is 6.08 Å². The molecule has 0 fully saturated rings. The second-order valence-corrected chi connectivity index (χ2v) is 2.70. The number of carbonyl (C=O) groups excluding carboxylic acids is 1. The summed E-state index contributed by atoms with van der Waals surface area (Å²) in [6.07, 6.45) is 4.22. The molecular weight excluding hydrogens is 144 g/mol. The number of hydrogen-bond donors (Lipinski definition) is 1. The average Bonchev–Trinajstić information content (AvgIpc) is 1.85. The van der Waals surface area contributed by atoms with Crippen LogP contribution in [0, 0.1) is 0 Å². The first-order valence-electron chi connectivity index (χ1n) is 3.70. The lowest BCUT2D eigenvalue weighted by molar-refractivity contribution is -0.147. The van der Waals surface area contributed by atoms with Crippen molar-refractivity contribution in [2.75, 3.05) is 0 Å². The first kappa shape index (κ1) is 8.27. The first-order chi connectivity index (χ1) is 5.18. The topological polar surface area (TPSA) is 46.5 Å². The number of ether oxygens (including phenoxy) is 1. The molecule has 0 spiro atoms. The van der Waals surface area contributed by atoms with Crippen LogP contribution in [0.3, 0.4) is 0 Å². The molecular formula is C8H12O3. The van der Waals surface area contributed by atoms with Gasteiger partial charge in [-0.3, -0.25) is 4.79 Å². The van der Waals surface area contributed by atoms with Gasteiger partial charge in [-0.05, 0) is 0 Å². The zero-order chi connectivity index (χ0) is 8.27. The van der Waals surface area contributed by atoms with E-state index in [1.54, 1.807) is 6.08 Å². The van der Waals surface area contributed by atoms with E-state index < -0.39 is 6.10 Å². The zero-order valence-electron chi connectivity index (χ0n) is 6.49. The number of rotatable bonds is 1. The fourth-order valence-electron chi connectivity index (χ4n) is 1.16. The molecule has 0 amide bonds. The smallest absolute Gasteiger partial charge is 0.302 e. The number of hydrogen-bond acceptors (Lipinski definition) is 3. The fraction of sp³-hybridized carbons (Fsp3) is 0.625. The van der Waals surface area contributed by atoms with Crippen molar-refractivity contribution >= 4 is 5.97 Å². The molecule has 0 bridgehead atoms. The van der Waals surface area contributed by atoms with E-state index >= 15 is 0 Å². The van der Waals surface area contributed by atoms with Crippen molar-refractivity contribution in [2.24, 2.45) is 0 Å². The second-order valence-electron chi connectivity index (χ2n) is 2.70. The summed E-state index contributed by atoms with van der Waals surface area (Å²) in [5.74, 6) is -0.280. The summed E-state index contributed by atoms with van der Waals surface area (Å²) in [5, 5.41) is 9.11. The van der Waals surface area contributed by atoms with Crippen LogP contribution in [0.1, 0.15) is 19.8 Å². The molecule has 3 nitrogen and oxygen atoms in total. The highest BCUT2D eigenvalue weighted by Crippen LogP contribution is 2.14. The molecule has 11 heavy (non-hydrogen) atoms. The lowest BCUT2D eigenvalue weighted by Gasteiger charge is -2.20. The molecule has 1 aliphatic carbocycles. The van der Waals surface area contributed by atoms with E-state index in [-0.39, 0.29) is 12.1 Å². The van der Waals surface area contributed by atoms with Gasteiger partial charge >= 0.3 is 5.97 Å². The maximum Gasteiger partial charge on any atom is 0.302 e. The van der Waals surface area contributed by atoms with Gasteiger partial charge in [-0.2, -0.15) is 0 Å². The van der Waals surface area contributed by atoms with E-state index in [2.05, 4.69) is 0 Å². The molecule has 0 unspecified atom stereocenters. The fourth-order valence-corrected chi connectivity index (χ4v) is 1.16. The molecule has 2 atom stereocenters. The Balaban J connectivity index is 2.37. The Morgan fingerprint density at radius 2 is 2.45 bits per heavy atom. The maximum atomic E-state index is 10.5. The van der Waals surface area contributed by atoms with Crippen LogP contribution in [0.25, 0.3) is 0 Å². The third-order valence-electron chi connectivity index (χ3n) is 1.59. The zero-order valence-corrected chi connectivity index (χ0v) is 6.49. The molecule has 0 radical (unpaired) electrons. The second kappa shape index (κ2) is 3.53. The number of aliphatic hydroxyl groups excluding tert-OH is 1. The molecule has 0 saturated carbocycles. The van der Waals surface area contributed by atoms with Crippen LogP contribution in [0.5, 0.6) is 0 Å². The van der Waals surface area contributed by atoms with Gasteiger partial charge in [-0.25, -0.2) is 0 Å². The van der Waals surface area contributed by atoms with E-state index in [1.165, 1.54) is 6.92 Å². The van der Waals surface area contributed by atoms with Crippen LogP contribution >= 0.6 is 0 Å². The van der Waals surface area contributed by atoms with Gasteiger partial charge in [0.25, 0.3) is 0 Å². The minimum atomic E-state index is -0.451. The summed E-state index contributed by atoms with van der Waals surface area (Å²) in [7, 11) is 0. The van der Waals surface area contributed by atoms with Crippen molar-refractivity contribution in [2.45, 2.75) is 32.0 Å². The van der Waals surface area contributed by atoms with Gasteiger partial charge in [-0.15, -0.1) is 0 Å². The summed E-state index contributed by atoms with van der Waals surface area (Å²) >= 11 is 0. The van der Waals surface area contributed by atoms with Gasteiger partial charge < -0.3 is 9.84 Å². The molecule has 0 aliphatic heterocycles. The highest BCUT2D eigenvalue weighted by atomic mass is 16.5. The lowest BCUT2D eigenvalue weighted by atomic mass is 10.0. The van der Waals surface area contributed by atoms with Crippen LogP contribution in [0.15, 0.2) is 12.2 Å². The minimum Gasteiger partial charge on any atom is -0.462 e. The largest absolute Gasteiger partial charge is 0.462 e. The van der Waals surface area contributed by atoms with Crippen molar-refractivity contribution in [3.8, 4) is 0 Å². The van der Waals surface area contributed by atoms with E-state index in [0.29, 0.717) is 6.42 Å². The average molecular weight is 156 g/mol. The van der Waals surface area contributed by atoms with Gasteiger partial charge in [0, 0.05) is 19.8 Å². The van der Waals surface area contributed by atoms with Crippen LogP contribution in [-0.4, -0.2) is 23.3 Å². The van der Waals surface area contributed by atoms with Crippen molar-refractivity contribution in [3.05, 3.63) is 12.2 Å². The Labute approximate surface area is 65.7 Å². The quantitative estimate of drug-likeness (QED) is 0.447. The van der Waals surface area contributed by atoms with Crippen LogP contribution in [0.4, 0.5) is 0 Å². The van der Waals surface area contributed by atoms with Crippen molar-refractivity contribution in [3.63, 3.8) is 0 Å². The molecule has 62 valence electrons. The number of carbonyl (C=O) groups is 1. The Morgan fingerprint density at radius 1 is 1.73 bits per heavy atom. The van der Waals surface area contributed by atoms with E-state index in [0.717, 1.165) is 6.42 Å². The lowest BCUT2D eigenvalue weighted by Crippen LogP contribution is -2.24. The SMILES string of the molecule is CC(=O)O[C@@H]1CC=C[C@@H](O)C1. The highest BCUT2D eigenvalue weighted by Gasteiger charge is 2.17. The Hall–Kier alpha value is -0.830. The van der Waals surface area contributed by atoms with Crippen molar-refractivity contribution in [1.29, 1.82) is 0 Å². The molecule has 0 saturated heterocycles. The third kappa shape index (κ3) is 2.72. The van der Waals surface area contributed by atoms with Crippen molar-refractivity contribution < 1.29 is 14.6 Å². The molecule has 1 aliphatic rings. The predicted octanol–water partition coefficient (Wildman–Crippen LogP) is 0.629. The van der Waals surface area contributed by atoms with Gasteiger partial charge in [0.15, 0.2) is 0 Å². The van der Waals surface area contributed by atoms with Crippen LogP contribution < -0.4 is 0 Å². The van der Waals surface area contributed by atoms with Gasteiger partial charge in [0.05, 0.1) is 6.10 Å². The summed E-state index contributed by atoms with van der Waals surface area (Å²) in [6.45, 7) is 1.38. The Kier molecular flexibility index (Phi) is 2.65. The molecule has 0 aromatic rings. The first-order valence-corrected chi connectivity index (χ1v) is 3.70. The molecule has 0 aromatic heterocycles. The number of esters is 1. The summed E-state index contributed by atoms with van der Waals surface area (Å²) in [6, 6.07) is 0. The number of aliphatic hydroxyl groups is 1. The highest BCUT2D eigenvalue weighted by molar-refractivity contribution is 5.66. The third-order valence-corrected chi connectivity index (χ3v) is 1.59. The minimum absolute atomic E-state index is 0.132. The predicted molar refractivity (Wildman–Crippen MR) is 39.9 cm³/mol. The molecule has 1 rings (SSSR count). The molecule has 1 N–H and O–H groups in total. The van der Waals surface area contributed by atoms with Crippen molar-refractivity contribution in [1.82, 2.24) is 0 Å². The Morgan fingerprint density at radius 3 is 3.00 bits per heavy atom. The van der Waals surface area contributed by atoms with E-state index in [4.69, 9.17) is 9.84 Å². The van der Waals surface area contributed by atoms with Gasteiger partial charge in [-0.1, -0.05) is 12.2 Å². The molecule has 0 aromatic carbocycles. The van der Waals surface area contributed by atoms with Gasteiger partial charge in [0.2, 0.25) is 0 Å². The summed E-state index contributed by atoms with van der Waals surface area (Å²) in [4.78, 5) is 10.5. The standard InChI is InChI=1S/C8H12O3/c1-6(9)11-8-4-2-3-7(10)5-8/h2-3,7-8,10H,4-5H2,1H3/t7-,8-/m1/s1. The van der Waals surface area contributed by atoms with Crippen LogP contribution in [-0.2, 0) is 9.53 Å². The Bertz CT molecular complexity index is 174.